The highest BCUT2D eigenvalue weighted by Gasteiger charge is 2.29. The Hall–Kier alpha value is -4.27. The number of benzene rings is 2. The van der Waals surface area contributed by atoms with Crippen molar-refractivity contribution < 1.29 is 23.8 Å². The van der Waals surface area contributed by atoms with E-state index in [4.69, 9.17) is 31.5 Å². The maximum atomic E-state index is 12.4. The molecule has 0 saturated carbocycles. The van der Waals surface area contributed by atoms with E-state index in [-0.39, 0.29) is 17.1 Å². The van der Waals surface area contributed by atoms with Crippen molar-refractivity contribution >= 4 is 46.0 Å². The number of carbonyl (C=O) groups excluding carboxylic acids is 2. The molecule has 3 heterocycles. The molecule has 1 aliphatic heterocycles. The summed E-state index contributed by atoms with van der Waals surface area (Å²) in [5.74, 6) is 0.210. The van der Waals surface area contributed by atoms with E-state index in [1.165, 1.54) is 11.3 Å². The van der Waals surface area contributed by atoms with Gasteiger partial charge in [0.05, 0.1) is 27.7 Å². The van der Waals surface area contributed by atoms with Gasteiger partial charge in [-0.2, -0.15) is 5.26 Å². The lowest BCUT2D eigenvalue weighted by Gasteiger charge is -2.33. The van der Waals surface area contributed by atoms with Crippen molar-refractivity contribution in [3.05, 3.63) is 69.8 Å². The van der Waals surface area contributed by atoms with E-state index in [0.29, 0.717) is 64.1 Å². The fourth-order valence-electron chi connectivity index (χ4n) is 4.84. The van der Waals surface area contributed by atoms with Gasteiger partial charge in [0.15, 0.2) is 0 Å². The van der Waals surface area contributed by atoms with Crippen LogP contribution in [0.25, 0.3) is 16.0 Å². The van der Waals surface area contributed by atoms with Crippen LogP contribution in [-0.2, 0) is 4.74 Å². The average molecular weight is 622 g/mol. The summed E-state index contributed by atoms with van der Waals surface area (Å²) in [5, 5.41) is 10.4. The largest absolute Gasteiger partial charge is 0.489 e. The lowest BCUT2D eigenvalue weighted by atomic mass is 10.1. The van der Waals surface area contributed by atoms with Crippen LogP contribution in [0.5, 0.6) is 11.5 Å². The minimum Gasteiger partial charge on any atom is -0.489 e. The highest BCUT2D eigenvalue weighted by Crippen LogP contribution is 2.39. The first-order valence-corrected chi connectivity index (χ1v) is 15.0. The van der Waals surface area contributed by atoms with Gasteiger partial charge in [-0.3, -0.25) is 9.36 Å². The molecule has 10 nitrogen and oxygen atoms in total. The maximum Gasteiger partial charge on any atom is 0.410 e. The Morgan fingerprint density at radius 3 is 2.58 bits per heavy atom. The Morgan fingerprint density at radius 1 is 1.16 bits per heavy atom. The molecule has 0 unspecified atom stereocenters. The number of thiophene rings is 1. The first-order chi connectivity index (χ1) is 20.4. The quantitative estimate of drug-likeness (QED) is 0.245. The number of rotatable bonds is 7. The van der Waals surface area contributed by atoms with Gasteiger partial charge < -0.3 is 24.8 Å². The number of nitrogens with zero attached hydrogens (tertiary/aromatic N) is 4. The minimum atomic E-state index is -0.624. The third kappa shape index (κ3) is 6.71. The zero-order chi connectivity index (χ0) is 30.9. The monoisotopic (exact) mass is 621 g/mol. The number of piperidine rings is 1. The molecule has 2 aromatic heterocycles. The highest BCUT2D eigenvalue weighted by atomic mass is 35.5. The van der Waals surface area contributed by atoms with Crippen molar-refractivity contribution in [1.82, 2.24) is 14.5 Å². The second-order valence-electron chi connectivity index (χ2n) is 11.3. The molecule has 1 atom stereocenters. The first kappa shape index (κ1) is 30.2. The van der Waals surface area contributed by atoms with Gasteiger partial charge >= 0.3 is 6.09 Å². The van der Waals surface area contributed by atoms with E-state index in [0.717, 1.165) is 5.52 Å². The average Bonchev–Trinajstić information content (AvgIpc) is 3.57. The lowest BCUT2D eigenvalue weighted by Crippen LogP contribution is -2.44. The number of fused-ring (bicyclic) bond motifs is 1. The number of primary amides is 1. The zero-order valence-electron chi connectivity index (χ0n) is 24.3. The van der Waals surface area contributed by atoms with Crippen LogP contribution < -0.4 is 15.2 Å². The van der Waals surface area contributed by atoms with Gasteiger partial charge in [0.2, 0.25) is 0 Å². The van der Waals surface area contributed by atoms with Crippen LogP contribution in [0, 0.1) is 11.3 Å². The van der Waals surface area contributed by atoms with E-state index < -0.39 is 17.6 Å². The number of nitrogens with two attached hydrogens (primary N) is 1. The second-order valence-corrected chi connectivity index (χ2v) is 12.7. The molecule has 1 fully saturated rings. The Kier molecular flexibility index (Phi) is 8.53. The molecule has 2 aromatic carbocycles. The van der Waals surface area contributed by atoms with Crippen LogP contribution in [-0.4, -0.2) is 51.2 Å². The van der Waals surface area contributed by atoms with Crippen LogP contribution in [0.3, 0.4) is 0 Å². The molecule has 1 aliphatic rings. The summed E-state index contributed by atoms with van der Waals surface area (Å²) >= 11 is 7.98. The lowest BCUT2D eigenvalue weighted by molar-refractivity contribution is 0.0126. The van der Waals surface area contributed by atoms with Gasteiger partial charge in [-0.15, -0.1) is 11.3 Å². The normalized spacial score (nSPS) is 14.7. The summed E-state index contributed by atoms with van der Waals surface area (Å²) in [4.78, 5) is 31.1. The number of hydrogen-bond donors (Lipinski definition) is 1. The smallest absolute Gasteiger partial charge is 0.410 e. The zero-order valence-corrected chi connectivity index (χ0v) is 25.9. The number of halogens is 1. The summed E-state index contributed by atoms with van der Waals surface area (Å²) in [6, 6.07) is 14.6. The van der Waals surface area contributed by atoms with E-state index in [1.54, 1.807) is 46.1 Å². The van der Waals surface area contributed by atoms with Gasteiger partial charge in [-0.25, -0.2) is 9.78 Å². The van der Waals surface area contributed by atoms with Crippen molar-refractivity contribution in [2.75, 3.05) is 13.1 Å². The Bertz CT molecular complexity index is 1710. The van der Waals surface area contributed by atoms with Crippen LogP contribution in [0.2, 0.25) is 5.02 Å². The molecule has 0 radical (unpaired) electrons. The summed E-state index contributed by atoms with van der Waals surface area (Å²) < 4.78 is 19.8. The molecule has 43 heavy (non-hydrogen) atoms. The first-order valence-electron chi connectivity index (χ1n) is 13.8. The van der Waals surface area contributed by atoms with Gasteiger partial charge in [-0.05, 0) is 52.0 Å². The van der Waals surface area contributed by atoms with Crippen LogP contribution in [0.1, 0.15) is 67.4 Å². The Labute approximate surface area is 258 Å². The molecule has 2 amide bonds. The molecule has 12 heteroatoms. The van der Waals surface area contributed by atoms with Gasteiger partial charge in [0.1, 0.15) is 45.5 Å². The molecule has 2 N–H and O–H groups in total. The number of amides is 2. The molecule has 224 valence electrons. The van der Waals surface area contributed by atoms with Crippen molar-refractivity contribution in [3.63, 3.8) is 0 Å². The number of aromatic nitrogens is 2. The summed E-state index contributed by atoms with van der Waals surface area (Å²) in [7, 11) is 0. The number of hydrogen-bond acceptors (Lipinski definition) is 8. The molecule has 5 rings (SSSR count). The highest BCUT2D eigenvalue weighted by molar-refractivity contribution is 7.16. The molecular formula is C31H32ClN5O5S. The van der Waals surface area contributed by atoms with E-state index >= 15 is 0 Å². The van der Waals surface area contributed by atoms with Gasteiger partial charge in [-0.1, -0.05) is 23.7 Å². The predicted octanol–water partition coefficient (Wildman–Crippen LogP) is 6.63. The summed E-state index contributed by atoms with van der Waals surface area (Å²) in [6.45, 7) is 8.42. The maximum absolute atomic E-state index is 12.4. The Morgan fingerprint density at radius 2 is 1.91 bits per heavy atom. The van der Waals surface area contributed by atoms with Crippen LogP contribution in [0.15, 0.2) is 48.8 Å². The van der Waals surface area contributed by atoms with Crippen molar-refractivity contribution in [1.29, 1.82) is 5.26 Å². The third-order valence-corrected chi connectivity index (χ3v) is 8.48. The predicted molar refractivity (Wildman–Crippen MR) is 164 cm³/mol. The Balaban J connectivity index is 1.31. The van der Waals surface area contributed by atoms with Crippen LogP contribution >= 0.6 is 22.9 Å². The molecule has 0 spiro atoms. The van der Waals surface area contributed by atoms with E-state index in [2.05, 4.69) is 11.1 Å². The second kappa shape index (κ2) is 12.1. The fourth-order valence-corrected chi connectivity index (χ4v) is 6.09. The standard InChI is InChI=1S/C31H32ClN5O5S/c1-18(21-6-5-7-24(27(21)32)41-20-10-12-36(13-11-20)30(39)42-31(2,3)4)40-25-15-26(43-28(25)29(34)38)37-17-35-22-9-8-19(16-33)14-23(22)37/h5-9,14-15,17-18,20H,10-13H2,1-4H3,(H2,34,38)/t18-/m1/s1. The minimum absolute atomic E-state index is 0.116. The van der Waals surface area contributed by atoms with Crippen molar-refractivity contribution in [2.24, 2.45) is 5.73 Å². The SMILES string of the molecule is C[C@@H](Oc1cc(-n2cnc3ccc(C#N)cc32)sc1C(N)=O)c1cccc(OC2CCN(C(=O)OC(C)(C)C)CC2)c1Cl. The van der Waals surface area contributed by atoms with Gasteiger partial charge in [0, 0.05) is 37.6 Å². The number of imidazole rings is 1. The van der Waals surface area contributed by atoms with Crippen molar-refractivity contribution in [3.8, 4) is 22.6 Å². The third-order valence-electron chi connectivity index (χ3n) is 6.94. The number of carbonyl (C=O) groups is 2. The van der Waals surface area contributed by atoms with E-state index in [1.807, 2.05) is 39.8 Å². The van der Waals surface area contributed by atoms with Gasteiger partial charge in [0.25, 0.3) is 5.91 Å². The number of likely N-dealkylation sites (tertiary alicyclic amines) is 1. The van der Waals surface area contributed by atoms with Crippen LogP contribution in [0.4, 0.5) is 4.79 Å². The molecule has 0 aliphatic carbocycles. The fraction of sp³-hybridized carbons (Fsp3) is 0.355. The molecular weight excluding hydrogens is 590 g/mol. The van der Waals surface area contributed by atoms with E-state index in [9.17, 15) is 14.9 Å². The summed E-state index contributed by atoms with van der Waals surface area (Å²) in [5.41, 5.74) is 7.78. The molecule has 4 aromatic rings. The van der Waals surface area contributed by atoms with Crippen molar-refractivity contribution in [2.45, 2.75) is 58.3 Å². The number of ether oxygens (including phenoxy) is 3. The molecule has 0 bridgehead atoms. The topological polar surface area (TPSA) is 133 Å². The molecule has 1 saturated heterocycles. The number of nitriles is 1. The summed E-state index contributed by atoms with van der Waals surface area (Å²) in [6.07, 6.45) is 1.93.